The molecule has 8 heteroatoms. The quantitative estimate of drug-likeness (QED) is 0.647. The first-order valence-electron chi connectivity index (χ1n) is 6.71. The Hall–Kier alpha value is -1.28. The maximum absolute atomic E-state index is 13.5. The minimum Gasteiger partial charge on any atom is -0.358 e. The number of anilines is 1. The SMILES string of the molecule is CCN(CC)C(=S)S[C@@H](C)C(=O)Nc1ccc(F)c(F)c1F. The summed E-state index contributed by atoms with van der Waals surface area (Å²) in [6, 6.07) is 1.73. The molecule has 1 aromatic carbocycles. The van der Waals surface area contributed by atoms with Crippen LogP contribution in [0.5, 0.6) is 0 Å². The molecule has 0 saturated carbocycles. The predicted octanol–water partition coefficient (Wildman–Crippen LogP) is 3.79. The fourth-order valence-electron chi connectivity index (χ4n) is 1.62. The number of hydrogen-bond acceptors (Lipinski definition) is 3. The molecule has 1 aromatic rings. The lowest BCUT2D eigenvalue weighted by molar-refractivity contribution is -0.115. The van der Waals surface area contributed by atoms with Gasteiger partial charge >= 0.3 is 0 Å². The van der Waals surface area contributed by atoms with Gasteiger partial charge in [0.2, 0.25) is 5.91 Å². The van der Waals surface area contributed by atoms with E-state index >= 15 is 0 Å². The maximum Gasteiger partial charge on any atom is 0.237 e. The number of nitrogens with zero attached hydrogens (tertiary/aromatic N) is 1. The largest absolute Gasteiger partial charge is 0.358 e. The molecule has 0 aliphatic heterocycles. The second-order valence-corrected chi connectivity index (χ2v) is 6.39. The Morgan fingerprint density at radius 2 is 1.86 bits per heavy atom. The van der Waals surface area contributed by atoms with Gasteiger partial charge in [0.05, 0.1) is 10.9 Å². The van der Waals surface area contributed by atoms with Crippen LogP contribution in [-0.4, -0.2) is 33.5 Å². The third-order valence-corrected chi connectivity index (χ3v) is 4.54. The molecule has 0 fully saturated rings. The Morgan fingerprint density at radius 3 is 2.41 bits per heavy atom. The van der Waals surface area contributed by atoms with E-state index in [-0.39, 0.29) is 0 Å². The van der Waals surface area contributed by atoms with E-state index in [0.717, 1.165) is 23.9 Å². The topological polar surface area (TPSA) is 32.3 Å². The Labute approximate surface area is 137 Å². The van der Waals surface area contributed by atoms with Gasteiger partial charge in [0.1, 0.15) is 4.32 Å². The Kier molecular flexibility index (Phi) is 7.15. The molecule has 0 unspecified atom stereocenters. The van der Waals surface area contributed by atoms with Crippen molar-refractivity contribution < 1.29 is 18.0 Å². The van der Waals surface area contributed by atoms with Gasteiger partial charge in [0, 0.05) is 13.1 Å². The van der Waals surface area contributed by atoms with Crippen LogP contribution in [0.15, 0.2) is 12.1 Å². The number of thioether (sulfide) groups is 1. The van der Waals surface area contributed by atoms with Crippen molar-refractivity contribution in [3.63, 3.8) is 0 Å². The first kappa shape index (κ1) is 18.8. The van der Waals surface area contributed by atoms with Gasteiger partial charge in [-0.05, 0) is 32.9 Å². The van der Waals surface area contributed by atoms with E-state index in [1.165, 1.54) is 0 Å². The smallest absolute Gasteiger partial charge is 0.237 e. The average Bonchev–Trinajstić information content (AvgIpc) is 2.48. The molecule has 0 saturated heterocycles. The van der Waals surface area contributed by atoms with Crippen molar-refractivity contribution in [1.82, 2.24) is 4.90 Å². The van der Waals surface area contributed by atoms with Crippen LogP contribution in [0.1, 0.15) is 20.8 Å². The molecule has 0 aliphatic carbocycles. The van der Waals surface area contributed by atoms with Gasteiger partial charge in [0.15, 0.2) is 17.5 Å². The fourth-order valence-corrected chi connectivity index (χ4v) is 3.18. The lowest BCUT2D eigenvalue weighted by Gasteiger charge is -2.23. The Bertz CT molecular complexity index is 565. The average molecular weight is 350 g/mol. The number of rotatable bonds is 5. The Balaban J connectivity index is 2.73. The molecular weight excluding hydrogens is 333 g/mol. The van der Waals surface area contributed by atoms with E-state index in [2.05, 4.69) is 5.32 Å². The van der Waals surface area contributed by atoms with E-state index in [9.17, 15) is 18.0 Å². The van der Waals surface area contributed by atoms with Gasteiger partial charge in [-0.3, -0.25) is 4.79 Å². The number of halogens is 3. The lowest BCUT2D eigenvalue weighted by Crippen LogP contribution is -2.31. The van der Waals surface area contributed by atoms with Gasteiger partial charge in [-0.1, -0.05) is 24.0 Å². The summed E-state index contributed by atoms with van der Waals surface area (Å²) >= 11 is 6.38. The summed E-state index contributed by atoms with van der Waals surface area (Å²) in [6.45, 7) is 6.92. The molecule has 0 heterocycles. The van der Waals surface area contributed by atoms with E-state index in [1.807, 2.05) is 18.7 Å². The maximum atomic E-state index is 13.5. The van der Waals surface area contributed by atoms with Crippen molar-refractivity contribution >= 4 is 39.9 Å². The lowest BCUT2D eigenvalue weighted by atomic mass is 10.2. The zero-order valence-electron chi connectivity index (χ0n) is 12.5. The molecule has 1 rings (SSSR count). The van der Waals surface area contributed by atoms with Crippen LogP contribution in [0.3, 0.4) is 0 Å². The molecule has 122 valence electrons. The normalized spacial score (nSPS) is 11.9. The van der Waals surface area contributed by atoms with Gasteiger partial charge in [0.25, 0.3) is 0 Å². The van der Waals surface area contributed by atoms with Crippen LogP contribution in [0.4, 0.5) is 18.9 Å². The summed E-state index contributed by atoms with van der Waals surface area (Å²) in [5.41, 5.74) is -0.398. The summed E-state index contributed by atoms with van der Waals surface area (Å²) in [6.07, 6.45) is 0. The van der Waals surface area contributed by atoms with Crippen LogP contribution in [0.25, 0.3) is 0 Å². The predicted molar refractivity (Wildman–Crippen MR) is 87.5 cm³/mol. The number of nitrogens with one attached hydrogen (secondary N) is 1. The molecule has 3 nitrogen and oxygen atoms in total. The van der Waals surface area contributed by atoms with Crippen molar-refractivity contribution in [3.8, 4) is 0 Å². The molecule has 0 spiro atoms. The van der Waals surface area contributed by atoms with Crippen molar-refractivity contribution in [1.29, 1.82) is 0 Å². The highest BCUT2D eigenvalue weighted by molar-refractivity contribution is 8.23. The number of hydrogen-bond donors (Lipinski definition) is 1. The van der Waals surface area contributed by atoms with Crippen LogP contribution >= 0.6 is 24.0 Å². The fraction of sp³-hybridized carbons (Fsp3) is 0.429. The van der Waals surface area contributed by atoms with Crippen LogP contribution in [-0.2, 0) is 4.79 Å². The molecular formula is C14H17F3N2OS2. The standard InChI is InChI=1S/C14H17F3N2OS2/c1-4-19(5-2)14(21)22-8(3)13(20)18-10-7-6-9(15)11(16)12(10)17/h6-8H,4-5H2,1-3H3,(H,18,20)/t8-/m0/s1. The molecule has 0 aliphatic rings. The monoisotopic (exact) mass is 350 g/mol. The number of thiocarbonyl (C=S) groups is 1. The van der Waals surface area contributed by atoms with Gasteiger partial charge in [-0.25, -0.2) is 13.2 Å². The second kappa shape index (κ2) is 8.38. The third-order valence-electron chi connectivity index (χ3n) is 2.96. The number of carbonyl (C=O) groups excluding carboxylic acids is 1. The Morgan fingerprint density at radius 1 is 1.27 bits per heavy atom. The summed E-state index contributed by atoms with van der Waals surface area (Å²) in [5, 5.41) is 1.64. The zero-order chi connectivity index (χ0) is 16.9. The van der Waals surface area contributed by atoms with E-state index in [0.29, 0.717) is 17.4 Å². The highest BCUT2D eigenvalue weighted by Gasteiger charge is 2.21. The number of carbonyl (C=O) groups is 1. The number of amides is 1. The summed E-state index contributed by atoms with van der Waals surface area (Å²) < 4.78 is 40.0. The van der Waals surface area contributed by atoms with E-state index in [1.54, 1.807) is 6.92 Å². The molecule has 22 heavy (non-hydrogen) atoms. The van der Waals surface area contributed by atoms with E-state index < -0.39 is 34.3 Å². The summed E-state index contributed by atoms with van der Waals surface area (Å²) in [5.74, 6) is -4.88. The second-order valence-electron chi connectivity index (χ2n) is 4.41. The first-order valence-corrected chi connectivity index (χ1v) is 8.00. The van der Waals surface area contributed by atoms with Crippen LogP contribution in [0, 0.1) is 17.5 Å². The van der Waals surface area contributed by atoms with E-state index in [4.69, 9.17) is 12.2 Å². The van der Waals surface area contributed by atoms with Crippen LogP contribution < -0.4 is 5.32 Å². The van der Waals surface area contributed by atoms with Crippen molar-refractivity contribution in [2.24, 2.45) is 0 Å². The van der Waals surface area contributed by atoms with Gasteiger partial charge in [-0.15, -0.1) is 0 Å². The molecule has 0 radical (unpaired) electrons. The third kappa shape index (κ3) is 4.61. The van der Waals surface area contributed by atoms with Crippen molar-refractivity contribution in [3.05, 3.63) is 29.6 Å². The molecule has 1 N–H and O–H groups in total. The van der Waals surface area contributed by atoms with Crippen molar-refractivity contribution in [2.75, 3.05) is 18.4 Å². The number of benzene rings is 1. The molecule has 0 aromatic heterocycles. The van der Waals surface area contributed by atoms with Crippen molar-refractivity contribution in [2.45, 2.75) is 26.0 Å². The zero-order valence-corrected chi connectivity index (χ0v) is 14.1. The molecule has 0 bridgehead atoms. The highest BCUT2D eigenvalue weighted by Crippen LogP contribution is 2.22. The van der Waals surface area contributed by atoms with Gasteiger partial charge in [-0.2, -0.15) is 0 Å². The minimum atomic E-state index is -1.61. The van der Waals surface area contributed by atoms with Gasteiger partial charge < -0.3 is 10.2 Å². The molecule has 1 amide bonds. The minimum absolute atomic E-state index is 0.398. The summed E-state index contributed by atoms with van der Waals surface area (Å²) in [4.78, 5) is 13.9. The highest BCUT2D eigenvalue weighted by atomic mass is 32.2. The summed E-state index contributed by atoms with van der Waals surface area (Å²) in [7, 11) is 0. The first-order chi connectivity index (χ1) is 10.3. The molecule has 1 atom stereocenters. The van der Waals surface area contributed by atoms with Crippen LogP contribution in [0.2, 0.25) is 0 Å².